The van der Waals surface area contributed by atoms with Gasteiger partial charge in [-0.2, -0.15) is 0 Å². The topological polar surface area (TPSA) is 49.4 Å². The molecule has 0 spiro atoms. The van der Waals surface area contributed by atoms with E-state index in [4.69, 9.17) is 11.6 Å². The molecule has 1 aromatic rings. The van der Waals surface area contributed by atoms with Crippen LogP contribution in [0.15, 0.2) is 17.5 Å². The molecule has 0 aromatic carbocycles. The van der Waals surface area contributed by atoms with Gasteiger partial charge in [-0.25, -0.2) is 0 Å². The summed E-state index contributed by atoms with van der Waals surface area (Å²) in [5.74, 6) is -0.545. The minimum atomic E-state index is -0.257. The maximum Gasteiger partial charge on any atom is 0.239 e. The van der Waals surface area contributed by atoms with E-state index in [1.54, 1.807) is 18.4 Å². The largest absolute Gasteiger partial charge is 0.350 e. The van der Waals surface area contributed by atoms with Gasteiger partial charge in [-0.05, 0) is 11.4 Å². The molecular weight excluding hydrogens is 248 g/mol. The van der Waals surface area contributed by atoms with Crippen LogP contribution in [0.5, 0.6) is 0 Å². The Labute approximate surface area is 103 Å². The highest BCUT2D eigenvalue weighted by molar-refractivity contribution is 7.09. The molecule has 88 valence electrons. The Morgan fingerprint density at radius 2 is 2.31 bits per heavy atom. The molecule has 0 saturated heterocycles. The lowest BCUT2D eigenvalue weighted by atomic mass is 10.4. The highest BCUT2D eigenvalue weighted by atomic mass is 35.5. The third-order valence-electron chi connectivity index (χ3n) is 1.96. The molecule has 0 aliphatic carbocycles. The average molecular weight is 261 g/mol. The lowest BCUT2D eigenvalue weighted by molar-refractivity contribution is -0.132. The third-order valence-corrected chi connectivity index (χ3v) is 3.07. The number of carbonyl (C=O) groups excluding carboxylic acids is 2. The summed E-state index contributed by atoms with van der Waals surface area (Å²) in [5, 5.41) is 4.68. The number of likely N-dealkylation sites (N-methyl/N-ethyl adjacent to an activating group) is 1. The number of thiophene rings is 1. The van der Waals surface area contributed by atoms with Crippen LogP contribution in [-0.4, -0.2) is 36.2 Å². The summed E-state index contributed by atoms with van der Waals surface area (Å²) >= 11 is 6.95. The van der Waals surface area contributed by atoms with Gasteiger partial charge in [-0.15, -0.1) is 22.9 Å². The van der Waals surface area contributed by atoms with Crippen molar-refractivity contribution >= 4 is 34.8 Å². The van der Waals surface area contributed by atoms with Crippen LogP contribution in [0.25, 0.3) is 0 Å². The number of nitrogens with zero attached hydrogens (tertiary/aromatic N) is 1. The van der Waals surface area contributed by atoms with Crippen molar-refractivity contribution < 1.29 is 9.59 Å². The van der Waals surface area contributed by atoms with Gasteiger partial charge < -0.3 is 10.2 Å². The molecule has 16 heavy (non-hydrogen) atoms. The number of nitrogens with one attached hydrogen (secondary N) is 1. The molecule has 0 bridgehead atoms. The van der Waals surface area contributed by atoms with E-state index in [2.05, 4.69) is 5.32 Å². The van der Waals surface area contributed by atoms with Crippen LogP contribution < -0.4 is 5.32 Å². The molecule has 0 saturated carbocycles. The summed E-state index contributed by atoms with van der Waals surface area (Å²) in [6.07, 6.45) is 0. The van der Waals surface area contributed by atoms with Gasteiger partial charge in [0.1, 0.15) is 5.88 Å². The number of alkyl halides is 1. The quantitative estimate of drug-likeness (QED) is 0.805. The lowest BCUT2D eigenvalue weighted by Gasteiger charge is -2.14. The van der Waals surface area contributed by atoms with Gasteiger partial charge in [0, 0.05) is 11.9 Å². The van der Waals surface area contributed by atoms with Crippen molar-refractivity contribution in [2.45, 2.75) is 6.54 Å². The zero-order valence-corrected chi connectivity index (χ0v) is 10.5. The lowest BCUT2D eigenvalue weighted by Crippen LogP contribution is -2.38. The first-order valence-electron chi connectivity index (χ1n) is 4.72. The van der Waals surface area contributed by atoms with E-state index >= 15 is 0 Å². The van der Waals surface area contributed by atoms with E-state index in [1.165, 1.54) is 4.90 Å². The molecule has 0 unspecified atom stereocenters. The van der Waals surface area contributed by atoms with Gasteiger partial charge >= 0.3 is 0 Å². The Kier molecular flexibility index (Phi) is 5.28. The summed E-state index contributed by atoms with van der Waals surface area (Å²) in [6.45, 7) is 0.538. The van der Waals surface area contributed by atoms with Crippen LogP contribution in [0.2, 0.25) is 0 Å². The van der Waals surface area contributed by atoms with Gasteiger partial charge in [0.25, 0.3) is 0 Å². The van der Waals surface area contributed by atoms with Crippen molar-refractivity contribution in [2.24, 2.45) is 0 Å². The van der Waals surface area contributed by atoms with Gasteiger partial charge in [-0.3, -0.25) is 9.59 Å². The smallest absolute Gasteiger partial charge is 0.239 e. The minimum Gasteiger partial charge on any atom is -0.350 e. The highest BCUT2D eigenvalue weighted by Gasteiger charge is 2.11. The van der Waals surface area contributed by atoms with Crippen molar-refractivity contribution in [3.8, 4) is 0 Å². The number of halogens is 1. The summed E-state index contributed by atoms with van der Waals surface area (Å²) in [6, 6.07) is 3.87. The SMILES string of the molecule is CN(CC(=O)NCc1cccs1)C(=O)CCl. The van der Waals surface area contributed by atoms with Crippen LogP contribution in [0.1, 0.15) is 4.88 Å². The third kappa shape index (κ3) is 4.20. The minimum absolute atomic E-state index is 0.0386. The Hall–Kier alpha value is -1.07. The number of hydrogen-bond acceptors (Lipinski definition) is 3. The zero-order chi connectivity index (χ0) is 12.0. The molecule has 1 heterocycles. The van der Waals surface area contributed by atoms with Crippen LogP contribution in [0, 0.1) is 0 Å². The van der Waals surface area contributed by atoms with Crippen molar-refractivity contribution in [1.29, 1.82) is 0 Å². The summed E-state index contributed by atoms with van der Waals surface area (Å²) in [7, 11) is 1.55. The number of hydrogen-bond donors (Lipinski definition) is 1. The van der Waals surface area contributed by atoms with Crippen molar-refractivity contribution in [2.75, 3.05) is 19.5 Å². The van der Waals surface area contributed by atoms with E-state index in [0.29, 0.717) is 6.54 Å². The second-order valence-electron chi connectivity index (χ2n) is 3.24. The first kappa shape index (κ1) is 13.0. The fourth-order valence-electron chi connectivity index (χ4n) is 1.06. The Morgan fingerprint density at radius 1 is 1.56 bits per heavy atom. The maximum absolute atomic E-state index is 11.4. The van der Waals surface area contributed by atoms with E-state index in [0.717, 1.165) is 4.88 Å². The zero-order valence-electron chi connectivity index (χ0n) is 8.90. The number of carbonyl (C=O) groups is 2. The van der Waals surface area contributed by atoms with E-state index in [9.17, 15) is 9.59 Å². The summed E-state index contributed by atoms with van der Waals surface area (Å²) in [5.41, 5.74) is 0. The fraction of sp³-hybridized carbons (Fsp3) is 0.400. The molecule has 0 radical (unpaired) electrons. The molecule has 0 aliphatic heterocycles. The van der Waals surface area contributed by atoms with Crippen LogP contribution in [0.4, 0.5) is 0 Å². The Morgan fingerprint density at radius 3 is 2.88 bits per heavy atom. The van der Waals surface area contributed by atoms with Gasteiger partial charge in [0.05, 0.1) is 13.1 Å². The standard InChI is InChI=1S/C10H13ClN2O2S/c1-13(10(15)5-11)7-9(14)12-6-8-3-2-4-16-8/h2-4H,5-7H2,1H3,(H,12,14). The molecule has 2 amide bonds. The molecule has 4 nitrogen and oxygen atoms in total. The predicted octanol–water partition coefficient (Wildman–Crippen LogP) is 1.06. The summed E-state index contributed by atoms with van der Waals surface area (Å²) < 4.78 is 0. The van der Waals surface area contributed by atoms with E-state index in [-0.39, 0.29) is 24.2 Å². The second-order valence-corrected chi connectivity index (χ2v) is 4.54. The number of amides is 2. The maximum atomic E-state index is 11.4. The molecule has 6 heteroatoms. The molecule has 0 aliphatic rings. The molecular formula is C10H13ClN2O2S. The predicted molar refractivity (Wildman–Crippen MR) is 64.5 cm³/mol. The Balaban J connectivity index is 2.28. The van der Waals surface area contributed by atoms with Crippen molar-refractivity contribution in [3.63, 3.8) is 0 Å². The highest BCUT2D eigenvalue weighted by Crippen LogP contribution is 2.07. The molecule has 1 N–H and O–H groups in total. The van der Waals surface area contributed by atoms with Crippen molar-refractivity contribution in [3.05, 3.63) is 22.4 Å². The molecule has 0 atom stereocenters. The van der Waals surface area contributed by atoms with Gasteiger partial charge in [-0.1, -0.05) is 6.07 Å². The normalized spacial score (nSPS) is 9.88. The fourth-order valence-corrected chi connectivity index (χ4v) is 1.91. The van der Waals surface area contributed by atoms with E-state index < -0.39 is 0 Å². The van der Waals surface area contributed by atoms with Crippen molar-refractivity contribution in [1.82, 2.24) is 10.2 Å². The summed E-state index contributed by atoms with van der Waals surface area (Å²) in [4.78, 5) is 24.9. The molecule has 1 aromatic heterocycles. The van der Waals surface area contributed by atoms with Gasteiger partial charge in [0.15, 0.2) is 0 Å². The first-order valence-corrected chi connectivity index (χ1v) is 6.14. The van der Waals surface area contributed by atoms with Crippen LogP contribution in [-0.2, 0) is 16.1 Å². The monoisotopic (exact) mass is 260 g/mol. The van der Waals surface area contributed by atoms with E-state index in [1.807, 2.05) is 17.5 Å². The first-order chi connectivity index (χ1) is 7.63. The average Bonchev–Trinajstić information content (AvgIpc) is 2.78. The number of rotatable bonds is 5. The van der Waals surface area contributed by atoms with Gasteiger partial charge in [0.2, 0.25) is 11.8 Å². The molecule has 0 fully saturated rings. The molecule has 1 rings (SSSR count). The Bertz CT molecular complexity index is 354. The second kappa shape index (κ2) is 6.50. The van der Waals surface area contributed by atoms with Crippen LogP contribution >= 0.6 is 22.9 Å². The van der Waals surface area contributed by atoms with Crippen LogP contribution in [0.3, 0.4) is 0 Å².